The molecule has 1 spiro atoms. The Hall–Kier alpha value is -2.32. The predicted molar refractivity (Wildman–Crippen MR) is 90.1 cm³/mol. The summed E-state index contributed by atoms with van der Waals surface area (Å²) in [6.07, 6.45) is 0.819. The van der Waals surface area contributed by atoms with E-state index in [0.717, 1.165) is 35.6 Å². The van der Waals surface area contributed by atoms with E-state index in [4.69, 9.17) is 4.74 Å². The smallest absolute Gasteiger partial charge is 0.332 e. The van der Waals surface area contributed by atoms with Gasteiger partial charge in [-0.2, -0.15) is 5.10 Å². The zero-order chi connectivity index (χ0) is 17.6. The Morgan fingerprint density at radius 2 is 2.08 bits per heavy atom. The Morgan fingerprint density at radius 3 is 2.88 bits per heavy atom. The van der Waals surface area contributed by atoms with Crippen LogP contribution in [0, 0.1) is 6.92 Å². The van der Waals surface area contributed by atoms with Gasteiger partial charge in [-0.1, -0.05) is 6.07 Å². The highest BCUT2D eigenvalue weighted by Gasteiger charge is 2.43. The van der Waals surface area contributed by atoms with Gasteiger partial charge < -0.3 is 4.74 Å². The van der Waals surface area contributed by atoms with Gasteiger partial charge >= 0.3 is 11.1 Å². The van der Waals surface area contributed by atoms with Gasteiger partial charge in [0.25, 0.3) is 0 Å². The van der Waals surface area contributed by atoms with E-state index in [1.54, 1.807) is 0 Å². The second-order valence-corrected chi connectivity index (χ2v) is 6.94. The number of hydrogen-bond donors (Lipinski definition) is 0. The number of aryl methyl sites for hydroxylation is 2. The van der Waals surface area contributed by atoms with Crippen molar-refractivity contribution in [3.63, 3.8) is 0 Å². The van der Waals surface area contributed by atoms with Gasteiger partial charge in [0.15, 0.2) is 5.82 Å². The molecular formula is C17H21N5O3. The number of nitrogens with zero attached hydrogens (tertiary/aromatic N) is 5. The third-order valence-electron chi connectivity index (χ3n) is 4.98. The van der Waals surface area contributed by atoms with E-state index >= 15 is 0 Å². The molecular weight excluding hydrogens is 322 g/mol. The average Bonchev–Trinajstić information content (AvgIpc) is 2.96. The molecule has 0 aliphatic carbocycles. The van der Waals surface area contributed by atoms with Crippen LogP contribution in [0.5, 0.6) is 0 Å². The van der Waals surface area contributed by atoms with Crippen molar-refractivity contribution in [3.05, 3.63) is 56.1 Å². The third-order valence-corrected chi connectivity index (χ3v) is 4.98. The Labute approximate surface area is 144 Å². The Kier molecular flexibility index (Phi) is 3.81. The van der Waals surface area contributed by atoms with Crippen molar-refractivity contribution >= 4 is 0 Å². The van der Waals surface area contributed by atoms with Crippen LogP contribution in [-0.4, -0.2) is 42.9 Å². The van der Waals surface area contributed by atoms with Crippen molar-refractivity contribution in [2.75, 3.05) is 13.1 Å². The molecule has 4 heterocycles. The summed E-state index contributed by atoms with van der Waals surface area (Å²) in [5, 5.41) is 4.14. The summed E-state index contributed by atoms with van der Waals surface area (Å²) in [5.41, 5.74) is 0.478. The second-order valence-electron chi connectivity index (χ2n) is 6.94. The van der Waals surface area contributed by atoms with E-state index in [9.17, 15) is 9.59 Å². The normalized spacial score (nSPS) is 23.1. The lowest BCUT2D eigenvalue weighted by Crippen LogP contribution is -2.52. The molecule has 132 valence electrons. The number of hydrogen-bond acceptors (Lipinski definition) is 6. The molecule has 1 unspecified atom stereocenters. The maximum atomic E-state index is 12.3. The molecule has 4 rings (SSSR count). The quantitative estimate of drug-likeness (QED) is 0.704. The first-order chi connectivity index (χ1) is 12.0. The minimum absolute atomic E-state index is 0.250. The molecule has 25 heavy (non-hydrogen) atoms. The van der Waals surface area contributed by atoms with Crippen LogP contribution >= 0.6 is 0 Å². The molecule has 2 aromatic heterocycles. The van der Waals surface area contributed by atoms with Crippen molar-refractivity contribution < 1.29 is 4.74 Å². The van der Waals surface area contributed by atoms with Crippen LogP contribution in [0.25, 0.3) is 0 Å². The summed E-state index contributed by atoms with van der Waals surface area (Å²) in [5.74, 6) is 0.511. The number of rotatable bonds is 2. The first-order valence-corrected chi connectivity index (χ1v) is 8.42. The summed E-state index contributed by atoms with van der Waals surface area (Å²) >= 11 is 0. The highest BCUT2D eigenvalue weighted by Crippen LogP contribution is 2.31. The molecule has 0 radical (unpaired) electrons. The Morgan fingerprint density at radius 1 is 1.24 bits per heavy atom. The molecule has 2 aliphatic heterocycles. The lowest BCUT2D eigenvalue weighted by Gasteiger charge is -2.35. The average molecular weight is 343 g/mol. The molecule has 0 amide bonds. The molecule has 2 aliphatic rings. The fraction of sp³-hybridized carbons (Fsp3) is 0.529. The standard InChI is InChI=1S/C17H21N5O3/c1-12-4-3-5-13(18-12)8-21-7-6-17(10-21)11-22-14(9-25-17)19-20(2)15(23)16(22)24/h3-5H,6-11H2,1-2H3. The van der Waals surface area contributed by atoms with Crippen LogP contribution < -0.4 is 11.1 Å². The van der Waals surface area contributed by atoms with Crippen LogP contribution in [0.4, 0.5) is 0 Å². The van der Waals surface area contributed by atoms with Crippen LogP contribution in [0.3, 0.4) is 0 Å². The fourth-order valence-corrected chi connectivity index (χ4v) is 3.69. The first-order valence-electron chi connectivity index (χ1n) is 8.42. The van der Waals surface area contributed by atoms with Crippen LogP contribution in [0.1, 0.15) is 23.6 Å². The Bertz CT molecular complexity index is 935. The lowest BCUT2D eigenvalue weighted by atomic mass is 10.0. The van der Waals surface area contributed by atoms with Crippen LogP contribution in [-0.2, 0) is 31.5 Å². The predicted octanol–water partition coefficient (Wildman–Crippen LogP) is -0.180. The van der Waals surface area contributed by atoms with Gasteiger partial charge in [-0.05, 0) is 25.5 Å². The second kappa shape index (κ2) is 5.89. The fourth-order valence-electron chi connectivity index (χ4n) is 3.69. The van der Waals surface area contributed by atoms with E-state index in [0.29, 0.717) is 18.9 Å². The van der Waals surface area contributed by atoms with Crippen molar-refractivity contribution in [2.24, 2.45) is 7.05 Å². The van der Waals surface area contributed by atoms with E-state index in [1.807, 2.05) is 25.1 Å². The van der Waals surface area contributed by atoms with E-state index in [1.165, 1.54) is 11.6 Å². The van der Waals surface area contributed by atoms with Crippen molar-refractivity contribution in [3.8, 4) is 0 Å². The van der Waals surface area contributed by atoms with Gasteiger partial charge in [-0.3, -0.25) is 24.0 Å². The van der Waals surface area contributed by atoms with Gasteiger partial charge in [-0.25, -0.2) is 4.68 Å². The van der Waals surface area contributed by atoms with Crippen molar-refractivity contribution in [2.45, 2.75) is 38.6 Å². The largest absolute Gasteiger partial charge is 0.364 e. The van der Waals surface area contributed by atoms with E-state index in [-0.39, 0.29) is 6.61 Å². The van der Waals surface area contributed by atoms with Gasteiger partial charge in [-0.15, -0.1) is 0 Å². The summed E-state index contributed by atoms with van der Waals surface area (Å²) < 4.78 is 8.66. The number of ether oxygens (including phenoxy) is 1. The SMILES string of the molecule is Cc1cccc(CN2CCC3(C2)Cn2c(nn(C)c(=O)c2=O)CO3)n1. The number of likely N-dealkylation sites (tertiary alicyclic amines) is 1. The van der Waals surface area contributed by atoms with Crippen molar-refractivity contribution in [1.82, 2.24) is 24.2 Å². The zero-order valence-electron chi connectivity index (χ0n) is 14.4. The van der Waals surface area contributed by atoms with Gasteiger partial charge in [0.05, 0.1) is 12.2 Å². The van der Waals surface area contributed by atoms with Gasteiger partial charge in [0.1, 0.15) is 12.2 Å². The van der Waals surface area contributed by atoms with Crippen LogP contribution in [0.15, 0.2) is 27.8 Å². The summed E-state index contributed by atoms with van der Waals surface area (Å²) in [6, 6.07) is 6.01. The minimum atomic E-state index is -0.598. The molecule has 8 nitrogen and oxygen atoms in total. The zero-order valence-corrected chi connectivity index (χ0v) is 14.4. The van der Waals surface area contributed by atoms with Gasteiger partial charge in [0, 0.05) is 32.4 Å². The highest BCUT2D eigenvalue weighted by molar-refractivity contribution is 5.11. The van der Waals surface area contributed by atoms with Crippen LogP contribution in [0.2, 0.25) is 0 Å². The number of pyridine rings is 1. The first kappa shape index (κ1) is 16.2. The third kappa shape index (κ3) is 2.91. The monoisotopic (exact) mass is 343 g/mol. The molecule has 1 saturated heterocycles. The number of fused-ring (bicyclic) bond motifs is 1. The summed E-state index contributed by atoms with van der Waals surface area (Å²) in [6.45, 7) is 4.95. The minimum Gasteiger partial charge on any atom is -0.364 e. The summed E-state index contributed by atoms with van der Waals surface area (Å²) in [4.78, 5) is 31.0. The molecule has 0 bridgehead atoms. The molecule has 1 fully saturated rings. The highest BCUT2D eigenvalue weighted by atomic mass is 16.5. The molecule has 8 heteroatoms. The molecule has 2 aromatic rings. The van der Waals surface area contributed by atoms with E-state index < -0.39 is 16.7 Å². The number of aromatic nitrogens is 4. The molecule has 0 saturated carbocycles. The van der Waals surface area contributed by atoms with Gasteiger partial charge in [0.2, 0.25) is 0 Å². The maximum absolute atomic E-state index is 12.3. The molecule has 0 N–H and O–H groups in total. The lowest BCUT2D eigenvalue weighted by molar-refractivity contribution is -0.0858. The van der Waals surface area contributed by atoms with E-state index in [2.05, 4.69) is 15.0 Å². The Balaban J connectivity index is 1.54. The molecule has 1 atom stereocenters. The maximum Gasteiger partial charge on any atom is 0.332 e. The summed E-state index contributed by atoms with van der Waals surface area (Å²) in [7, 11) is 1.49. The van der Waals surface area contributed by atoms with Crippen molar-refractivity contribution in [1.29, 1.82) is 0 Å². The molecule has 0 aromatic carbocycles. The topological polar surface area (TPSA) is 82.2 Å².